The topological polar surface area (TPSA) is 51.2 Å². The number of ether oxygens (including phenoxy) is 1. The molecule has 0 unspecified atom stereocenters. The van der Waals surface area contributed by atoms with Crippen molar-refractivity contribution < 1.29 is 9.53 Å². The number of carbonyl (C=O) groups is 1. The first kappa shape index (κ1) is 16.1. The molecule has 112 valence electrons. The molecule has 0 aliphatic heterocycles. The molecule has 1 N–H and O–H groups in total. The van der Waals surface area contributed by atoms with Crippen LogP contribution in [-0.4, -0.2) is 17.5 Å². The third-order valence-electron chi connectivity index (χ3n) is 2.57. The minimum Gasteiger partial charge on any atom is -0.492 e. The summed E-state index contributed by atoms with van der Waals surface area (Å²) < 4.78 is 5.51. The minimum absolute atomic E-state index is 0.0739. The molecule has 1 amide bonds. The lowest BCUT2D eigenvalue weighted by molar-refractivity contribution is -0.116. The van der Waals surface area contributed by atoms with Crippen LogP contribution in [0.3, 0.4) is 0 Å². The van der Waals surface area contributed by atoms with Crippen LogP contribution in [0.4, 0.5) is 5.13 Å². The van der Waals surface area contributed by atoms with E-state index in [0.29, 0.717) is 40.4 Å². The molecule has 0 aliphatic rings. The molecular weight excluding hydrogens is 331 g/mol. The van der Waals surface area contributed by atoms with Gasteiger partial charge in [0.2, 0.25) is 5.91 Å². The summed E-state index contributed by atoms with van der Waals surface area (Å²) in [5.74, 6) is 0.493. The summed E-state index contributed by atoms with van der Waals surface area (Å²) in [5.41, 5.74) is 0. The first-order chi connectivity index (χ1) is 10.0. The SMILES string of the molecule is Cc1cnc(NC(=O)CCCOc2ccc(Cl)cc2Cl)s1. The van der Waals surface area contributed by atoms with E-state index >= 15 is 0 Å². The monoisotopic (exact) mass is 344 g/mol. The number of hydrogen-bond donors (Lipinski definition) is 1. The number of halogens is 2. The Kier molecular flexibility index (Phi) is 5.85. The van der Waals surface area contributed by atoms with Gasteiger partial charge in [-0.05, 0) is 31.5 Å². The van der Waals surface area contributed by atoms with Crippen molar-refractivity contribution in [3.8, 4) is 5.75 Å². The number of nitrogens with one attached hydrogen (secondary N) is 1. The van der Waals surface area contributed by atoms with E-state index in [1.165, 1.54) is 11.3 Å². The van der Waals surface area contributed by atoms with Gasteiger partial charge in [0.15, 0.2) is 5.13 Å². The maximum Gasteiger partial charge on any atom is 0.226 e. The van der Waals surface area contributed by atoms with E-state index < -0.39 is 0 Å². The van der Waals surface area contributed by atoms with Gasteiger partial charge in [0.05, 0.1) is 11.6 Å². The molecule has 4 nitrogen and oxygen atoms in total. The quantitative estimate of drug-likeness (QED) is 0.781. The zero-order valence-corrected chi connectivity index (χ0v) is 13.7. The third-order valence-corrected chi connectivity index (χ3v) is 3.93. The van der Waals surface area contributed by atoms with Gasteiger partial charge < -0.3 is 10.1 Å². The number of anilines is 1. The van der Waals surface area contributed by atoms with Crippen LogP contribution in [0.2, 0.25) is 10.0 Å². The Morgan fingerprint density at radius 3 is 2.90 bits per heavy atom. The fourth-order valence-corrected chi connectivity index (χ4v) is 2.75. The Bertz CT molecular complexity index is 631. The number of benzene rings is 1. The Morgan fingerprint density at radius 1 is 1.43 bits per heavy atom. The summed E-state index contributed by atoms with van der Waals surface area (Å²) in [6.45, 7) is 2.35. The lowest BCUT2D eigenvalue weighted by Gasteiger charge is -2.08. The number of nitrogens with zero attached hydrogens (tertiary/aromatic N) is 1. The molecule has 0 bridgehead atoms. The van der Waals surface area contributed by atoms with Gasteiger partial charge in [-0.25, -0.2) is 4.98 Å². The molecule has 0 aliphatic carbocycles. The highest BCUT2D eigenvalue weighted by Crippen LogP contribution is 2.27. The van der Waals surface area contributed by atoms with Gasteiger partial charge in [-0.15, -0.1) is 11.3 Å². The first-order valence-electron chi connectivity index (χ1n) is 6.35. The van der Waals surface area contributed by atoms with Crippen LogP contribution >= 0.6 is 34.5 Å². The number of rotatable bonds is 6. The van der Waals surface area contributed by atoms with Crippen LogP contribution in [-0.2, 0) is 4.79 Å². The van der Waals surface area contributed by atoms with E-state index in [0.717, 1.165) is 4.88 Å². The minimum atomic E-state index is -0.0739. The molecule has 0 fully saturated rings. The molecule has 0 spiro atoms. The second-order valence-electron chi connectivity index (χ2n) is 4.35. The largest absolute Gasteiger partial charge is 0.492 e. The van der Waals surface area contributed by atoms with Gasteiger partial charge in [-0.3, -0.25) is 4.79 Å². The van der Waals surface area contributed by atoms with Crippen molar-refractivity contribution in [1.82, 2.24) is 4.98 Å². The Balaban J connectivity index is 1.70. The van der Waals surface area contributed by atoms with Crippen molar-refractivity contribution in [2.45, 2.75) is 19.8 Å². The highest BCUT2D eigenvalue weighted by molar-refractivity contribution is 7.15. The number of aryl methyl sites for hydroxylation is 1. The van der Waals surface area contributed by atoms with Gasteiger partial charge in [0.1, 0.15) is 5.75 Å². The average Bonchev–Trinajstić information content (AvgIpc) is 2.82. The predicted octanol–water partition coefficient (Wildman–Crippen LogP) is 4.56. The fourth-order valence-electron chi connectivity index (χ4n) is 1.60. The second kappa shape index (κ2) is 7.64. The van der Waals surface area contributed by atoms with Gasteiger partial charge in [-0.2, -0.15) is 0 Å². The predicted molar refractivity (Wildman–Crippen MR) is 86.7 cm³/mol. The van der Waals surface area contributed by atoms with Crippen LogP contribution in [0.15, 0.2) is 24.4 Å². The number of carbonyl (C=O) groups excluding carboxylic acids is 1. The van der Waals surface area contributed by atoms with E-state index in [1.807, 2.05) is 6.92 Å². The summed E-state index contributed by atoms with van der Waals surface area (Å²) in [6.07, 6.45) is 2.69. The zero-order chi connectivity index (χ0) is 15.2. The second-order valence-corrected chi connectivity index (χ2v) is 6.43. The first-order valence-corrected chi connectivity index (χ1v) is 7.92. The third kappa shape index (κ3) is 5.19. The summed E-state index contributed by atoms with van der Waals surface area (Å²) in [4.78, 5) is 16.8. The van der Waals surface area contributed by atoms with Crippen molar-refractivity contribution in [3.63, 3.8) is 0 Å². The van der Waals surface area contributed by atoms with E-state index in [2.05, 4.69) is 10.3 Å². The zero-order valence-electron chi connectivity index (χ0n) is 11.4. The van der Waals surface area contributed by atoms with Gasteiger partial charge >= 0.3 is 0 Å². The Hall–Kier alpha value is -1.30. The van der Waals surface area contributed by atoms with E-state index in [9.17, 15) is 4.79 Å². The summed E-state index contributed by atoms with van der Waals surface area (Å²) in [5, 5.41) is 4.40. The maximum absolute atomic E-state index is 11.7. The van der Waals surface area contributed by atoms with E-state index in [4.69, 9.17) is 27.9 Å². The molecule has 1 aromatic carbocycles. The molecule has 1 heterocycles. The maximum atomic E-state index is 11.7. The molecule has 0 saturated carbocycles. The number of aromatic nitrogens is 1. The molecule has 2 rings (SSSR count). The van der Waals surface area contributed by atoms with Crippen molar-refractivity contribution in [2.24, 2.45) is 0 Å². The van der Waals surface area contributed by atoms with Crippen molar-refractivity contribution in [2.75, 3.05) is 11.9 Å². The van der Waals surface area contributed by atoms with Crippen LogP contribution in [0, 0.1) is 6.92 Å². The van der Waals surface area contributed by atoms with E-state index in [1.54, 1.807) is 24.4 Å². The lowest BCUT2D eigenvalue weighted by atomic mass is 10.3. The average molecular weight is 345 g/mol. The Morgan fingerprint density at radius 2 is 2.24 bits per heavy atom. The van der Waals surface area contributed by atoms with Gasteiger partial charge in [0, 0.05) is 22.5 Å². The fraction of sp³-hybridized carbons (Fsp3) is 0.286. The molecule has 2 aromatic rings. The smallest absolute Gasteiger partial charge is 0.226 e. The highest BCUT2D eigenvalue weighted by Gasteiger charge is 2.06. The molecule has 0 atom stereocenters. The molecule has 0 saturated heterocycles. The van der Waals surface area contributed by atoms with Crippen LogP contribution < -0.4 is 10.1 Å². The van der Waals surface area contributed by atoms with Crippen molar-refractivity contribution in [3.05, 3.63) is 39.3 Å². The Labute approximate surface area is 137 Å². The normalized spacial score (nSPS) is 10.4. The summed E-state index contributed by atoms with van der Waals surface area (Å²) in [7, 11) is 0. The number of amides is 1. The van der Waals surface area contributed by atoms with Crippen molar-refractivity contribution in [1.29, 1.82) is 0 Å². The molecule has 7 heteroatoms. The van der Waals surface area contributed by atoms with Crippen LogP contribution in [0.5, 0.6) is 5.75 Å². The van der Waals surface area contributed by atoms with Gasteiger partial charge in [0.25, 0.3) is 0 Å². The van der Waals surface area contributed by atoms with Crippen LogP contribution in [0.1, 0.15) is 17.7 Å². The summed E-state index contributed by atoms with van der Waals surface area (Å²) in [6, 6.07) is 5.04. The summed E-state index contributed by atoms with van der Waals surface area (Å²) >= 11 is 13.2. The standard InChI is InChI=1S/C14H14Cl2N2O2S/c1-9-8-17-14(21-9)18-13(19)3-2-6-20-12-5-4-10(15)7-11(12)16/h4-5,7-8H,2-3,6H2,1H3,(H,17,18,19). The molecule has 1 aromatic heterocycles. The highest BCUT2D eigenvalue weighted by atomic mass is 35.5. The number of thiazole rings is 1. The van der Waals surface area contributed by atoms with Crippen LogP contribution in [0.25, 0.3) is 0 Å². The molecular formula is C14H14Cl2N2O2S. The number of hydrogen-bond acceptors (Lipinski definition) is 4. The molecule has 0 radical (unpaired) electrons. The molecule has 21 heavy (non-hydrogen) atoms. The van der Waals surface area contributed by atoms with Crippen molar-refractivity contribution >= 4 is 45.6 Å². The van der Waals surface area contributed by atoms with Gasteiger partial charge in [-0.1, -0.05) is 23.2 Å². The lowest BCUT2D eigenvalue weighted by Crippen LogP contribution is -2.12. The van der Waals surface area contributed by atoms with E-state index in [-0.39, 0.29) is 5.91 Å².